The predicted molar refractivity (Wildman–Crippen MR) is 86.3 cm³/mol. The van der Waals surface area contributed by atoms with Crippen molar-refractivity contribution in [1.82, 2.24) is 15.5 Å². The Balaban J connectivity index is 2.31. The first-order valence-electron chi connectivity index (χ1n) is 8.21. The monoisotopic (exact) mass is 299 g/mol. The summed E-state index contributed by atoms with van der Waals surface area (Å²) in [6.45, 7) is 13.8. The zero-order valence-electron chi connectivity index (χ0n) is 14.3. The molecule has 5 heteroatoms. The third-order valence-corrected chi connectivity index (χ3v) is 4.51. The minimum atomic E-state index is -0.425. The van der Waals surface area contributed by atoms with Gasteiger partial charge in [0.05, 0.1) is 6.10 Å². The van der Waals surface area contributed by atoms with Gasteiger partial charge >= 0.3 is 6.03 Å². The van der Waals surface area contributed by atoms with Crippen LogP contribution in [-0.4, -0.2) is 54.4 Å². The Morgan fingerprint density at radius 3 is 2.38 bits per heavy atom. The lowest BCUT2D eigenvalue weighted by atomic mass is 9.81. The highest BCUT2D eigenvalue weighted by atomic mass is 16.3. The molecule has 0 aromatic rings. The second kappa shape index (κ2) is 7.99. The van der Waals surface area contributed by atoms with Crippen molar-refractivity contribution in [3.05, 3.63) is 0 Å². The Labute approximate surface area is 129 Å². The number of carbonyl (C=O) groups is 1. The minimum absolute atomic E-state index is 0.117. The third-order valence-electron chi connectivity index (χ3n) is 4.51. The van der Waals surface area contributed by atoms with Gasteiger partial charge in [0, 0.05) is 31.1 Å². The number of nitrogens with one attached hydrogen (secondary N) is 2. The van der Waals surface area contributed by atoms with E-state index in [9.17, 15) is 9.90 Å². The zero-order valence-corrected chi connectivity index (χ0v) is 14.3. The molecule has 0 radical (unpaired) electrons. The maximum Gasteiger partial charge on any atom is 0.315 e. The van der Waals surface area contributed by atoms with Gasteiger partial charge in [0.25, 0.3) is 0 Å². The van der Waals surface area contributed by atoms with E-state index in [1.54, 1.807) is 0 Å². The lowest BCUT2D eigenvalue weighted by Crippen LogP contribution is -2.51. The van der Waals surface area contributed by atoms with Gasteiger partial charge in [0.1, 0.15) is 0 Å². The topological polar surface area (TPSA) is 64.6 Å². The van der Waals surface area contributed by atoms with Crippen LogP contribution in [0.1, 0.15) is 47.5 Å². The molecule has 1 atom stereocenters. The molecule has 0 saturated carbocycles. The van der Waals surface area contributed by atoms with Crippen LogP contribution < -0.4 is 10.6 Å². The van der Waals surface area contributed by atoms with Crippen LogP contribution in [0.5, 0.6) is 0 Å². The van der Waals surface area contributed by atoms with E-state index in [2.05, 4.69) is 22.5 Å². The van der Waals surface area contributed by atoms with Crippen LogP contribution in [-0.2, 0) is 0 Å². The molecule has 1 aliphatic rings. The second-order valence-electron chi connectivity index (χ2n) is 7.21. The molecule has 0 bridgehead atoms. The Bertz CT molecular complexity index is 323. The van der Waals surface area contributed by atoms with Gasteiger partial charge in [-0.25, -0.2) is 4.79 Å². The third kappa shape index (κ3) is 5.83. The average Bonchev–Trinajstić information content (AvgIpc) is 2.45. The number of urea groups is 1. The molecule has 1 aliphatic heterocycles. The highest BCUT2D eigenvalue weighted by Crippen LogP contribution is 2.25. The molecular weight excluding hydrogens is 266 g/mol. The maximum absolute atomic E-state index is 12.0. The molecule has 0 aliphatic carbocycles. The van der Waals surface area contributed by atoms with Gasteiger partial charge in [-0.2, -0.15) is 0 Å². The number of hydrogen-bond acceptors (Lipinski definition) is 3. The van der Waals surface area contributed by atoms with Gasteiger partial charge in [-0.3, -0.25) is 0 Å². The van der Waals surface area contributed by atoms with Crippen molar-refractivity contribution in [2.45, 2.75) is 59.6 Å². The van der Waals surface area contributed by atoms with Gasteiger partial charge in [0.15, 0.2) is 0 Å². The molecule has 0 spiro atoms. The Morgan fingerprint density at radius 1 is 1.33 bits per heavy atom. The van der Waals surface area contributed by atoms with E-state index in [1.165, 1.54) is 0 Å². The van der Waals surface area contributed by atoms with Crippen LogP contribution in [0.25, 0.3) is 0 Å². The molecule has 1 unspecified atom stereocenters. The van der Waals surface area contributed by atoms with Crippen molar-refractivity contribution in [2.75, 3.05) is 26.2 Å². The van der Waals surface area contributed by atoms with Crippen molar-refractivity contribution < 1.29 is 9.90 Å². The molecule has 3 N–H and O–H groups in total. The predicted octanol–water partition coefficient (Wildman–Crippen LogP) is 1.81. The lowest BCUT2D eigenvalue weighted by Gasteiger charge is -2.34. The van der Waals surface area contributed by atoms with Crippen LogP contribution in [0.3, 0.4) is 0 Å². The molecular formula is C16H33N3O2. The molecule has 0 aromatic heterocycles. The first kappa shape index (κ1) is 18.2. The van der Waals surface area contributed by atoms with E-state index < -0.39 is 6.10 Å². The SMILES string of the molecule is CCN1CCC(NC(=O)NCC(C)(C)C(O)C(C)C)CC1. The van der Waals surface area contributed by atoms with Crippen molar-refractivity contribution in [3.63, 3.8) is 0 Å². The van der Waals surface area contributed by atoms with Gasteiger partial charge < -0.3 is 20.6 Å². The highest BCUT2D eigenvalue weighted by molar-refractivity contribution is 5.74. The smallest absolute Gasteiger partial charge is 0.315 e. The van der Waals surface area contributed by atoms with E-state index in [4.69, 9.17) is 0 Å². The Morgan fingerprint density at radius 2 is 1.90 bits per heavy atom. The van der Waals surface area contributed by atoms with Crippen LogP contribution in [0.4, 0.5) is 4.79 Å². The maximum atomic E-state index is 12.0. The number of piperidine rings is 1. The van der Waals surface area contributed by atoms with Crippen molar-refractivity contribution in [1.29, 1.82) is 0 Å². The first-order valence-corrected chi connectivity index (χ1v) is 8.21. The van der Waals surface area contributed by atoms with Crippen LogP contribution in [0, 0.1) is 11.3 Å². The molecule has 124 valence electrons. The summed E-state index contributed by atoms with van der Waals surface area (Å²) < 4.78 is 0. The number of carbonyl (C=O) groups excluding carboxylic acids is 1. The number of hydrogen-bond donors (Lipinski definition) is 3. The van der Waals surface area contributed by atoms with Crippen molar-refractivity contribution in [3.8, 4) is 0 Å². The summed E-state index contributed by atoms with van der Waals surface area (Å²) in [7, 11) is 0. The van der Waals surface area contributed by atoms with Gasteiger partial charge in [0.2, 0.25) is 0 Å². The van der Waals surface area contributed by atoms with Crippen molar-refractivity contribution in [2.24, 2.45) is 11.3 Å². The van der Waals surface area contributed by atoms with E-state index >= 15 is 0 Å². The van der Waals surface area contributed by atoms with E-state index in [1.807, 2.05) is 27.7 Å². The van der Waals surface area contributed by atoms with Gasteiger partial charge in [-0.1, -0.05) is 34.6 Å². The fourth-order valence-electron chi connectivity index (χ4n) is 2.94. The minimum Gasteiger partial charge on any atom is -0.392 e. The molecule has 1 saturated heterocycles. The number of rotatable bonds is 6. The van der Waals surface area contributed by atoms with Gasteiger partial charge in [-0.15, -0.1) is 0 Å². The molecule has 1 fully saturated rings. The number of likely N-dealkylation sites (tertiary alicyclic amines) is 1. The number of aliphatic hydroxyl groups excluding tert-OH is 1. The Kier molecular flexibility index (Phi) is 6.94. The summed E-state index contributed by atoms with van der Waals surface area (Å²) in [4.78, 5) is 14.4. The number of amides is 2. The zero-order chi connectivity index (χ0) is 16.0. The van der Waals surface area contributed by atoms with Crippen LogP contribution >= 0.6 is 0 Å². The van der Waals surface area contributed by atoms with E-state index in [0.29, 0.717) is 6.54 Å². The van der Waals surface area contributed by atoms with E-state index in [0.717, 1.165) is 32.5 Å². The second-order valence-corrected chi connectivity index (χ2v) is 7.21. The number of nitrogens with zero attached hydrogens (tertiary/aromatic N) is 1. The molecule has 0 aromatic carbocycles. The molecule has 1 rings (SSSR count). The summed E-state index contributed by atoms with van der Waals surface area (Å²) in [6, 6.07) is 0.153. The Hall–Kier alpha value is -0.810. The van der Waals surface area contributed by atoms with E-state index in [-0.39, 0.29) is 23.4 Å². The lowest BCUT2D eigenvalue weighted by molar-refractivity contribution is 0.0151. The van der Waals surface area contributed by atoms with Crippen LogP contribution in [0.2, 0.25) is 0 Å². The molecule has 1 heterocycles. The largest absolute Gasteiger partial charge is 0.392 e. The summed E-state index contributed by atoms with van der Waals surface area (Å²) >= 11 is 0. The molecule has 21 heavy (non-hydrogen) atoms. The summed E-state index contributed by atoms with van der Waals surface area (Å²) in [5.74, 6) is 0.184. The highest BCUT2D eigenvalue weighted by Gasteiger charge is 2.30. The number of aliphatic hydroxyl groups is 1. The van der Waals surface area contributed by atoms with Gasteiger partial charge in [-0.05, 0) is 25.3 Å². The average molecular weight is 299 g/mol. The molecule has 2 amide bonds. The normalized spacial score (nSPS) is 19.6. The fourth-order valence-corrected chi connectivity index (χ4v) is 2.94. The fraction of sp³-hybridized carbons (Fsp3) is 0.938. The first-order chi connectivity index (χ1) is 9.76. The quantitative estimate of drug-likeness (QED) is 0.701. The summed E-state index contributed by atoms with van der Waals surface area (Å²) in [6.07, 6.45) is 1.60. The van der Waals surface area contributed by atoms with Crippen LogP contribution in [0.15, 0.2) is 0 Å². The molecule has 5 nitrogen and oxygen atoms in total. The summed E-state index contributed by atoms with van der Waals surface area (Å²) in [5, 5.41) is 16.1. The standard InChI is InChI=1S/C16H33N3O2/c1-6-19-9-7-13(8-10-19)18-15(21)17-11-16(4,5)14(20)12(2)3/h12-14,20H,6-11H2,1-5H3,(H2,17,18,21). The van der Waals surface area contributed by atoms with Crippen molar-refractivity contribution >= 4 is 6.03 Å². The summed E-state index contributed by atoms with van der Waals surface area (Å²) in [5.41, 5.74) is -0.322.